The molecule has 2 rings (SSSR count). The average molecular weight is 380 g/mol. The second kappa shape index (κ2) is 8.30. The van der Waals surface area contributed by atoms with Gasteiger partial charge in [-0.25, -0.2) is 4.79 Å². The Kier molecular flexibility index (Phi) is 6.38. The van der Waals surface area contributed by atoms with E-state index in [4.69, 9.17) is 0 Å². The van der Waals surface area contributed by atoms with Crippen LogP contribution in [0.15, 0.2) is 28.6 Å². The van der Waals surface area contributed by atoms with Gasteiger partial charge in [-0.3, -0.25) is 10.1 Å². The number of hydrogen-bond acceptors (Lipinski definition) is 7. The highest BCUT2D eigenvalue weighted by Crippen LogP contribution is 2.27. The fourth-order valence-corrected chi connectivity index (χ4v) is 3.40. The molecule has 0 aliphatic carbocycles. The quantitative estimate of drug-likeness (QED) is 0.690. The van der Waals surface area contributed by atoms with Gasteiger partial charge in [0.1, 0.15) is 0 Å². The van der Waals surface area contributed by atoms with Gasteiger partial charge in [0.25, 0.3) is 0 Å². The van der Waals surface area contributed by atoms with Gasteiger partial charge < -0.3 is 10.6 Å². The molecule has 0 atom stereocenters. The zero-order valence-electron chi connectivity index (χ0n) is 14.5. The van der Waals surface area contributed by atoms with E-state index >= 15 is 0 Å². The van der Waals surface area contributed by atoms with Gasteiger partial charge in [-0.2, -0.15) is 0 Å². The number of benzene rings is 1. The highest BCUT2D eigenvalue weighted by molar-refractivity contribution is 8.01. The molecule has 3 N–H and O–H groups in total. The normalized spacial score (nSPS) is 11.0. The molecule has 134 valence electrons. The van der Waals surface area contributed by atoms with Crippen molar-refractivity contribution in [2.45, 2.75) is 37.6 Å². The summed E-state index contributed by atoms with van der Waals surface area (Å²) in [5, 5.41) is 16.9. The predicted molar refractivity (Wildman–Crippen MR) is 102 cm³/mol. The van der Waals surface area contributed by atoms with Gasteiger partial charge in [0.15, 0.2) is 4.34 Å². The molecular formula is C16H21N5O2S2. The number of amides is 3. The average Bonchev–Trinajstić information content (AvgIpc) is 2.90. The molecule has 9 heteroatoms. The smallest absolute Gasteiger partial charge is 0.321 e. The van der Waals surface area contributed by atoms with Crippen molar-refractivity contribution in [1.82, 2.24) is 20.8 Å². The van der Waals surface area contributed by atoms with Crippen molar-refractivity contribution in [2.24, 2.45) is 0 Å². The predicted octanol–water partition coefficient (Wildman–Crippen LogP) is 3.31. The first kappa shape index (κ1) is 19.2. The van der Waals surface area contributed by atoms with Gasteiger partial charge in [-0.1, -0.05) is 35.2 Å². The van der Waals surface area contributed by atoms with Crippen LogP contribution in [-0.2, 0) is 4.79 Å². The minimum absolute atomic E-state index is 0.0939. The third-order valence-electron chi connectivity index (χ3n) is 2.74. The highest BCUT2D eigenvalue weighted by Gasteiger charge is 2.16. The molecule has 0 aliphatic rings. The monoisotopic (exact) mass is 379 g/mol. The molecule has 25 heavy (non-hydrogen) atoms. The lowest BCUT2D eigenvalue weighted by atomic mass is 10.1. The van der Waals surface area contributed by atoms with Crippen LogP contribution in [0.5, 0.6) is 0 Å². The maximum absolute atomic E-state index is 11.8. The van der Waals surface area contributed by atoms with Crippen molar-refractivity contribution in [1.29, 1.82) is 0 Å². The van der Waals surface area contributed by atoms with E-state index in [0.717, 1.165) is 11.3 Å². The van der Waals surface area contributed by atoms with Gasteiger partial charge >= 0.3 is 6.03 Å². The molecule has 0 bridgehead atoms. The van der Waals surface area contributed by atoms with E-state index in [1.165, 1.54) is 23.1 Å². The molecule has 0 fully saturated rings. The number of hydrogen-bond donors (Lipinski definition) is 3. The molecule has 0 unspecified atom stereocenters. The highest BCUT2D eigenvalue weighted by atomic mass is 32.2. The van der Waals surface area contributed by atoms with Crippen LogP contribution in [0.3, 0.4) is 0 Å². The summed E-state index contributed by atoms with van der Waals surface area (Å²) >= 11 is 2.59. The van der Waals surface area contributed by atoms with E-state index < -0.39 is 11.6 Å². The second-order valence-electron chi connectivity index (χ2n) is 6.41. The van der Waals surface area contributed by atoms with Gasteiger partial charge in [0, 0.05) is 11.2 Å². The first-order chi connectivity index (χ1) is 11.7. The third kappa shape index (κ3) is 7.10. The zero-order valence-corrected chi connectivity index (χ0v) is 16.2. The largest absolute Gasteiger partial charge is 0.333 e. The number of urea groups is 1. The Morgan fingerprint density at radius 2 is 2.00 bits per heavy atom. The minimum atomic E-state index is -0.503. The second-order valence-corrected chi connectivity index (χ2v) is 8.61. The number of nitrogens with one attached hydrogen (secondary N) is 3. The van der Waals surface area contributed by atoms with Crippen molar-refractivity contribution in [2.75, 3.05) is 11.1 Å². The summed E-state index contributed by atoms with van der Waals surface area (Å²) < 4.78 is 0.654. The first-order valence-corrected chi connectivity index (χ1v) is 9.43. The summed E-state index contributed by atoms with van der Waals surface area (Å²) in [7, 11) is 0. The fraction of sp³-hybridized carbons (Fsp3) is 0.375. The molecule has 0 spiro atoms. The Morgan fingerprint density at radius 3 is 2.68 bits per heavy atom. The van der Waals surface area contributed by atoms with Gasteiger partial charge in [-0.05, 0) is 45.4 Å². The fourth-order valence-electron chi connectivity index (χ4n) is 1.83. The number of aromatic nitrogens is 2. The lowest BCUT2D eigenvalue weighted by molar-refractivity contribution is -0.117. The molecule has 0 aliphatic heterocycles. The maximum atomic E-state index is 11.8. The number of carbonyl (C=O) groups excluding carboxylic acids is 2. The maximum Gasteiger partial charge on any atom is 0.321 e. The topological polar surface area (TPSA) is 96.0 Å². The third-order valence-corrected chi connectivity index (χ3v) is 4.72. The number of aryl methyl sites for hydroxylation is 1. The van der Waals surface area contributed by atoms with Crippen LogP contribution in [0.1, 0.15) is 26.3 Å². The number of nitrogens with zero attached hydrogens (tertiary/aromatic N) is 2. The van der Waals surface area contributed by atoms with Gasteiger partial charge in [-0.15, -0.1) is 10.2 Å². The lowest BCUT2D eigenvalue weighted by Gasteiger charge is -2.20. The van der Waals surface area contributed by atoms with Crippen LogP contribution in [0, 0.1) is 6.92 Å². The van der Waals surface area contributed by atoms with Crippen LogP contribution < -0.4 is 16.0 Å². The molecule has 1 aromatic heterocycles. The lowest BCUT2D eigenvalue weighted by Crippen LogP contribution is -2.48. The molecule has 2 aromatic rings. The summed E-state index contributed by atoms with van der Waals surface area (Å²) in [6, 6.07) is 7.43. The Morgan fingerprint density at radius 1 is 1.24 bits per heavy atom. The molecule has 0 saturated heterocycles. The van der Waals surface area contributed by atoms with Gasteiger partial charge in [0.2, 0.25) is 11.0 Å². The van der Waals surface area contributed by atoms with E-state index in [1.807, 2.05) is 52.0 Å². The zero-order chi connectivity index (χ0) is 18.4. The standard InChI is InChI=1S/C16H21N5O2S2/c1-10-6-5-7-11(8-10)17-14-20-21-15(25-14)24-9-12(22)18-13(23)19-16(2,3)4/h5-8H,9H2,1-4H3,(H,17,20)(H2,18,19,22,23). The van der Waals surface area contributed by atoms with Crippen molar-refractivity contribution >= 4 is 45.9 Å². The molecule has 1 heterocycles. The van der Waals surface area contributed by atoms with Crippen LogP contribution >= 0.6 is 23.1 Å². The summed E-state index contributed by atoms with van der Waals surface area (Å²) in [5.74, 6) is -0.286. The van der Waals surface area contributed by atoms with Gasteiger partial charge in [0.05, 0.1) is 5.75 Å². The summed E-state index contributed by atoms with van der Waals surface area (Å²) in [4.78, 5) is 23.4. The van der Waals surface area contributed by atoms with E-state index in [-0.39, 0.29) is 11.7 Å². The van der Waals surface area contributed by atoms with Crippen molar-refractivity contribution in [3.05, 3.63) is 29.8 Å². The Labute approximate surface area is 155 Å². The molecule has 3 amide bonds. The Bertz CT molecular complexity index is 755. The minimum Gasteiger partial charge on any atom is -0.333 e. The number of rotatable bonds is 5. The van der Waals surface area contributed by atoms with Crippen LogP contribution in [0.4, 0.5) is 15.6 Å². The van der Waals surface area contributed by atoms with E-state index in [0.29, 0.717) is 9.47 Å². The van der Waals surface area contributed by atoms with E-state index in [1.54, 1.807) is 0 Å². The van der Waals surface area contributed by atoms with E-state index in [2.05, 4.69) is 26.1 Å². The SMILES string of the molecule is Cc1cccc(Nc2nnc(SCC(=O)NC(=O)NC(C)(C)C)s2)c1. The van der Waals surface area contributed by atoms with Crippen molar-refractivity contribution in [3.8, 4) is 0 Å². The summed E-state index contributed by atoms with van der Waals surface area (Å²) in [5.41, 5.74) is 1.69. The molecule has 7 nitrogen and oxygen atoms in total. The molecule has 0 saturated carbocycles. The molecule has 1 aromatic carbocycles. The van der Waals surface area contributed by atoms with Crippen LogP contribution in [-0.4, -0.2) is 33.4 Å². The number of anilines is 2. The van der Waals surface area contributed by atoms with Crippen LogP contribution in [0.2, 0.25) is 0 Å². The van der Waals surface area contributed by atoms with Crippen molar-refractivity contribution in [3.63, 3.8) is 0 Å². The molecule has 0 radical (unpaired) electrons. The first-order valence-electron chi connectivity index (χ1n) is 7.63. The molecular weight excluding hydrogens is 358 g/mol. The number of carbonyl (C=O) groups is 2. The summed E-state index contributed by atoms with van der Waals surface area (Å²) in [6.07, 6.45) is 0. The Hall–Kier alpha value is -2.13. The van der Waals surface area contributed by atoms with Crippen LogP contribution in [0.25, 0.3) is 0 Å². The summed E-state index contributed by atoms with van der Waals surface area (Å²) in [6.45, 7) is 7.54. The van der Waals surface area contributed by atoms with Crippen molar-refractivity contribution < 1.29 is 9.59 Å². The number of imide groups is 1. The number of thioether (sulfide) groups is 1. The van der Waals surface area contributed by atoms with E-state index in [9.17, 15) is 9.59 Å². The Balaban J connectivity index is 1.81.